The zero-order valence-electron chi connectivity index (χ0n) is 20.0. The number of rotatable bonds is 7. The molecule has 1 fully saturated rings. The summed E-state index contributed by atoms with van der Waals surface area (Å²) in [5, 5.41) is -0.487. The molecule has 1 aliphatic heterocycles. The van der Waals surface area contributed by atoms with Gasteiger partial charge in [0.05, 0.1) is 12.0 Å². The Labute approximate surface area is 208 Å². The van der Waals surface area contributed by atoms with Crippen LogP contribution < -0.4 is 4.74 Å². The molecule has 35 heavy (non-hydrogen) atoms. The monoisotopic (exact) mass is 490 g/mol. The first-order chi connectivity index (χ1) is 16.8. The van der Waals surface area contributed by atoms with Crippen LogP contribution in [0.5, 0.6) is 5.75 Å². The lowest BCUT2D eigenvalue weighted by atomic mass is 10.2. The number of hydrogen-bond donors (Lipinski definition) is 0. The van der Waals surface area contributed by atoms with Crippen molar-refractivity contribution in [1.82, 2.24) is 9.47 Å². The lowest BCUT2D eigenvalue weighted by Crippen LogP contribution is -2.42. The number of carbonyl (C=O) groups is 3. The van der Waals surface area contributed by atoms with Gasteiger partial charge in [-0.2, -0.15) is 0 Å². The van der Waals surface area contributed by atoms with Crippen LogP contribution in [0.2, 0.25) is 0 Å². The number of imide groups is 1. The number of aryl methyl sites for hydroxylation is 1. The van der Waals surface area contributed by atoms with Gasteiger partial charge in [0.15, 0.2) is 0 Å². The van der Waals surface area contributed by atoms with Gasteiger partial charge in [0.1, 0.15) is 18.4 Å². The summed E-state index contributed by atoms with van der Waals surface area (Å²) in [5.41, 5.74) is 4.79. The first kappa shape index (κ1) is 24.3. The smallest absolute Gasteiger partial charge is 0.328 e. The zero-order chi connectivity index (χ0) is 25.1. The van der Waals surface area contributed by atoms with Gasteiger partial charge in [-0.15, -0.1) is 0 Å². The number of thioether (sulfide) groups is 1. The van der Waals surface area contributed by atoms with Crippen LogP contribution in [0.15, 0.2) is 65.6 Å². The molecule has 180 valence electrons. The number of esters is 1. The van der Waals surface area contributed by atoms with Gasteiger partial charge in [-0.1, -0.05) is 30.3 Å². The van der Waals surface area contributed by atoms with E-state index in [4.69, 9.17) is 4.74 Å². The van der Waals surface area contributed by atoms with E-state index < -0.39 is 23.2 Å². The van der Waals surface area contributed by atoms with Crippen molar-refractivity contribution in [2.75, 3.05) is 7.11 Å². The van der Waals surface area contributed by atoms with Crippen LogP contribution in [0.1, 0.15) is 29.4 Å². The van der Waals surface area contributed by atoms with Gasteiger partial charge in [0, 0.05) is 17.1 Å². The van der Waals surface area contributed by atoms with Crippen molar-refractivity contribution in [2.45, 2.75) is 33.4 Å². The molecule has 1 atom stereocenters. The maximum absolute atomic E-state index is 12.8. The van der Waals surface area contributed by atoms with E-state index in [2.05, 4.69) is 9.30 Å². The second-order valence-electron chi connectivity index (χ2n) is 8.18. The number of nitrogens with zero attached hydrogens (tertiary/aromatic N) is 2. The molecular formula is C27H26N2O5S. The van der Waals surface area contributed by atoms with E-state index in [-0.39, 0.29) is 4.91 Å². The molecule has 4 rings (SSSR count). The zero-order valence-corrected chi connectivity index (χ0v) is 20.8. The van der Waals surface area contributed by atoms with Gasteiger partial charge < -0.3 is 14.0 Å². The second kappa shape index (κ2) is 10.2. The van der Waals surface area contributed by atoms with Crippen molar-refractivity contribution in [3.63, 3.8) is 0 Å². The summed E-state index contributed by atoms with van der Waals surface area (Å²) < 4.78 is 12.6. The van der Waals surface area contributed by atoms with E-state index in [0.29, 0.717) is 6.61 Å². The Morgan fingerprint density at radius 3 is 2.40 bits per heavy atom. The summed E-state index contributed by atoms with van der Waals surface area (Å²) >= 11 is 0.823. The molecule has 1 saturated heterocycles. The van der Waals surface area contributed by atoms with Crippen LogP contribution in [0.3, 0.4) is 0 Å². The molecule has 0 bridgehead atoms. The molecule has 0 radical (unpaired) electrons. The number of ether oxygens (including phenoxy) is 2. The molecule has 0 aliphatic carbocycles. The van der Waals surface area contributed by atoms with E-state index >= 15 is 0 Å². The molecule has 2 amide bonds. The van der Waals surface area contributed by atoms with Crippen molar-refractivity contribution in [2.24, 2.45) is 0 Å². The first-order valence-corrected chi connectivity index (χ1v) is 11.9. The fraction of sp³-hybridized carbons (Fsp3) is 0.222. The quantitative estimate of drug-likeness (QED) is 0.332. The Balaban J connectivity index is 1.53. The van der Waals surface area contributed by atoms with Crippen LogP contribution in [-0.2, 0) is 20.9 Å². The predicted octanol–water partition coefficient (Wildman–Crippen LogP) is 5.27. The van der Waals surface area contributed by atoms with E-state index in [1.54, 1.807) is 6.08 Å². The first-order valence-electron chi connectivity index (χ1n) is 11.1. The van der Waals surface area contributed by atoms with Crippen LogP contribution in [0.25, 0.3) is 11.8 Å². The van der Waals surface area contributed by atoms with Gasteiger partial charge in [-0.25, -0.2) is 4.79 Å². The maximum Gasteiger partial charge on any atom is 0.328 e. The van der Waals surface area contributed by atoms with Gasteiger partial charge in [0.25, 0.3) is 11.1 Å². The summed E-state index contributed by atoms with van der Waals surface area (Å²) in [7, 11) is 1.23. The van der Waals surface area contributed by atoms with Crippen molar-refractivity contribution in [3.8, 4) is 11.4 Å². The van der Waals surface area contributed by atoms with Crippen molar-refractivity contribution in [3.05, 3.63) is 88.1 Å². The summed E-state index contributed by atoms with van der Waals surface area (Å²) in [6.45, 7) is 5.91. The van der Waals surface area contributed by atoms with E-state index in [1.165, 1.54) is 14.0 Å². The molecule has 2 aromatic carbocycles. The summed E-state index contributed by atoms with van der Waals surface area (Å²) in [6.07, 6.45) is 1.70. The molecule has 8 heteroatoms. The van der Waals surface area contributed by atoms with Gasteiger partial charge in [0.2, 0.25) is 0 Å². The maximum atomic E-state index is 12.8. The SMILES string of the molecule is COC(=O)[C@H](C)N1C(=O)S/C(=C/c2cc(C)n(-c3ccc(OCc4ccccc4)cc3)c2C)C1=O. The lowest BCUT2D eigenvalue weighted by molar-refractivity contribution is -0.148. The minimum absolute atomic E-state index is 0.274. The Kier molecular flexibility index (Phi) is 7.12. The predicted molar refractivity (Wildman–Crippen MR) is 135 cm³/mol. The molecule has 0 N–H and O–H groups in total. The second-order valence-corrected chi connectivity index (χ2v) is 9.17. The van der Waals surface area contributed by atoms with Gasteiger partial charge >= 0.3 is 5.97 Å². The Morgan fingerprint density at radius 1 is 1.06 bits per heavy atom. The summed E-state index contributed by atoms with van der Waals surface area (Å²) in [6, 6.07) is 18.8. The highest BCUT2D eigenvalue weighted by Crippen LogP contribution is 2.35. The fourth-order valence-corrected chi connectivity index (χ4v) is 4.89. The molecule has 0 spiro atoms. The topological polar surface area (TPSA) is 77.8 Å². The van der Waals surface area contributed by atoms with Crippen molar-refractivity contribution in [1.29, 1.82) is 0 Å². The van der Waals surface area contributed by atoms with E-state index in [1.807, 2.05) is 74.5 Å². The van der Waals surface area contributed by atoms with Crippen LogP contribution in [0.4, 0.5) is 4.79 Å². The highest BCUT2D eigenvalue weighted by atomic mass is 32.2. The third-order valence-corrected chi connectivity index (χ3v) is 6.74. The molecule has 7 nitrogen and oxygen atoms in total. The number of benzene rings is 2. The fourth-order valence-electron chi connectivity index (χ4n) is 3.99. The highest BCUT2D eigenvalue weighted by Gasteiger charge is 2.41. The van der Waals surface area contributed by atoms with E-state index in [9.17, 15) is 14.4 Å². The molecule has 2 heterocycles. The number of aromatic nitrogens is 1. The molecule has 1 aliphatic rings. The number of carbonyl (C=O) groups excluding carboxylic acids is 3. The molecule has 0 saturated carbocycles. The third kappa shape index (κ3) is 5.02. The third-order valence-electron chi connectivity index (χ3n) is 5.85. The normalized spacial score (nSPS) is 15.5. The minimum atomic E-state index is -0.978. The highest BCUT2D eigenvalue weighted by molar-refractivity contribution is 8.18. The standard InChI is InChI=1S/C27H26N2O5S/c1-17-14-21(15-24-25(30)29(27(32)35-24)19(3)26(31)33-4)18(2)28(17)22-10-12-23(13-11-22)34-16-20-8-6-5-7-9-20/h5-15,19H,16H2,1-4H3/b24-15+/t19-/m0/s1. The van der Waals surface area contributed by atoms with E-state index in [0.717, 1.165) is 50.6 Å². The largest absolute Gasteiger partial charge is 0.489 e. The number of methoxy groups -OCH3 is 1. The summed E-state index contributed by atoms with van der Waals surface area (Å²) in [5.74, 6) is -0.362. The molecule has 0 unspecified atom stereocenters. The van der Waals surface area contributed by atoms with Crippen LogP contribution in [0, 0.1) is 13.8 Å². The Bertz CT molecular complexity index is 1300. The lowest BCUT2D eigenvalue weighted by Gasteiger charge is -2.18. The minimum Gasteiger partial charge on any atom is -0.489 e. The molecule has 1 aromatic heterocycles. The van der Waals surface area contributed by atoms with Crippen molar-refractivity contribution < 1.29 is 23.9 Å². The number of hydrogen-bond acceptors (Lipinski definition) is 6. The summed E-state index contributed by atoms with van der Waals surface area (Å²) in [4.78, 5) is 38.3. The van der Waals surface area contributed by atoms with Gasteiger partial charge in [-0.3, -0.25) is 14.5 Å². The molecular weight excluding hydrogens is 464 g/mol. The average molecular weight is 491 g/mol. The molecule has 3 aromatic rings. The average Bonchev–Trinajstić information content (AvgIpc) is 3.30. The van der Waals surface area contributed by atoms with Crippen LogP contribution in [-0.4, -0.2) is 39.7 Å². The van der Waals surface area contributed by atoms with Gasteiger partial charge in [-0.05, 0) is 80.1 Å². The van der Waals surface area contributed by atoms with Crippen molar-refractivity contribution >= 4 is 35.0 Å². The Hall–Kier alpha value is -3.78. The van der Waals surface area contributed by atoms with Crippen LogP contribution >= 0.6 is 11.8 Å². The Morgan fingerprint density at radius 2 is 1.74 bits per heavy atom. The number of amides is 2.